The molecule has 1 aromatic carbocycles. The highest BCUT2D eigenvalue weighted by molar-refractivity contribution is 5.29. The topological polar surface area (TPSA) is 12.0 Å². The minimum Gasteiger partial charge on any atom is -0.310 e. The van der Waals surface area contributed by atoms with Crippen molar-refractivity contribution in [2.24, 2.45) is 5.92 Å². The summed E-state index contributed by atoms with van der Waals surface area (Å²) in [4.78, 5) is 0. The molecule has 1 fully saturated rings. The molecule has 88 valence electrons. The Morgan fingerprint density at radius 1 is 1.25 bits per heavy atom. The molecule has 1 nitrogen and oxygen atoms in total. The van der Waals surface area contributed by atoms with Crippen molar-refractivity contribution in [3.63, 3.8) is 0 Å². The van der Waals surface area contributed by atoms with Gasteiger partial charge in [0, 0.05) is 12.6 Å². The molecule has 16 heavy (non-hydrogen) atoms. The van der Waals surface area contributed by atoms with Crippen LogP contribution >= 0.6 is 0 Å². The monoisotopic (exact) mass is 217 g/mol. The van der Waals surface area contributed by atoms with Gasteiger partial charge < -0.3 is 5.32 Å². The van der Waals surface area contributed by atoms with Crippen LogP contribution < -0.4 is 5.32 Å². The van der Waals surface area contributed by atoms with Gasteiger partial charge in [-0.25, -0.2) is 0 Å². The normalized spacial score (nSPS) is 23.4. The van der Waals surface area contributed by atoms with Gasteiger partial charge in [0.15, 0.2) is 0 Å². The first kappa shape index (κ1) is 11.7. The van der Waals surface area contributed by atoms with Crippen LogP contribution in [-0.2, 0) is 6.54 Å². The van der Waals surface area contributed by atoms with Crippen LogP contribution in [0.1, 0.15) is 42.9 Å². The second-order valence-electron chi connectivity index (χ2n) is 5.19. The van der Waals surface area contributed by atoms with E-state index in [2.05, 4.69) is 44.3 Å². The lowest BCUT2D eigenvalue weighted by Crippen LogP contribution is -2.17. The van der Waals surface area contributed by atoms with Crippen molar-refractivity contribution in [3.8, 4) is 0 Å². The molecule has 2 rings (SSSR count). The molecule has 1 aromatic rings. The maximum absolute atomic E-state index is 3.65. The lowest BCUT2D eigenvalue weighted by atomic mass is 10.1. The number of nitrogens with one attached hydrogen (secondary N) is 1. The quantitative estimate of drug-likeness (QED) is 0.795. The lowest BCUT2D eigenvalue weighted by molar-refractivity contribution is 0.599. The van der Waals surface area contributed by atoms with Crippen molar-refractivity contribution in [1.82, 2.24) is 5.32 Å². The highest BCUT2D eigenvalue weighted by atomic mass is 15.0. The summed E-state index contributed by atoms with van der Waals surface area (Å²) in [5.41, 5.74) is 4.21. The summed E-state index contributed by atoms with van der Waals surface area (Å²) in [6, 6.07) is 7.57. The number of aryl methyl sites for hydroxylation is 2. The Bertz CT molecular complexity index is 356. The van der Waals surface area contributed by atoms with E-state index in [-0.39, 0.29) is 0 Å². The van der Waals surface area contributed by atoms with Crippen molar-refractivity contribution in [1.29, 1.82) is 0 Å². The highest BCUT2D eigenvalue weighted by Gasteiger charge is 2.35. The van der Waals surface area contributed by atoms with Crippen LogP contribution in [0.3, 0.4) is 0 Å². The average molecular weight is 217 g/mol. The van der Waals surface area contributed by atoms with Crippen LogP contribution in [0, 0.1) is 19.8 Å². The van der Waals surface area contributed by atoms with Crippen LogP contribution in [0.2, 0.25) is 0 Å². The number of benzene rings is 1. The van der Waals surface area contributed by atoms with E-state index >= 15 is 0 Å². The smallest absolute Gasteiger partial charge is 0.0208 e. The zero-order chi connectivity index (χ0) is 11.5. The van der Waals surface area contributed by atoms with E-state index in [1.807, 2.05) is 0 Å². The summed E-state index contributed by atoms with van der Waals surface area (Å²) < 4.78 is 0. The molecule has 0 heterocycles. The Hall–Kier alpha value is -0.820. The molecule has 0 bridgehead atoms. The minimum absolute atomic E-state index is 0.793. The molecule has 1 saturated carbocycles. The van der Waals surface area contributed by atoms with E-state index < -0.39 is 0 Å². The number of rotatable bonds is 5. The molecule has 1 heteroatoms. The van der Waals surface area contributed by atoms with E-state index in [1.54, 1.807) is 0 Å². The fourth-order valence-corrected chi connectivity index (χ4v) is 2.35. The molecule has 0 amide bonds. The van der Waals surface area contributed by atoms with Crippen LogP contribution in [0.25, 0.3) is 0 Å². The fraction of sp³-hybridized carbons (Fsp3) is 0.600. The van der Waals surface area contributed by atoms with Gasteiger partial charge >= 0.3 is 0 Å². The van der Waals surface area contributed by atoms with Gasteiger partial charge in [0.05, 0.1) is 0 Å². The highest BCUT2D eigenvalue weighted by Crippen LogP contribution is 2.34. The Morgan fingerprint density at radius 3 is 2.75 bits per heavy atom. The van der Waals surface area contributed by atoms with Crippen LogP contribution in [0.5, 0.6) is 0 Å². The third-order valence-electron chi connectivity index (χ3n) is 3.72. The van der Waals surface area contributed by atoms with Crippen LogP contribution in [0.15, 0.2) is 18.2 Å². The zero-order valence-electron chi connectivity index (χ0n) is 10.7. The summed E-state index contributed by atoms with van der Waals surface area (Å²) in [6.07, 6.45) is 4.11. The molecule has 2 unspecified atom stereocenters. The van der Waals surface area contributed by atoms with E-state index in [0.29, 0.717) is 0 Å². The molecular formula is C15H23N. The van der Waals surface area contributed by atoms with E-state index in [1.165, 1.54) is 36.0 Å². The van der Waals surface area contributed by atoms with Gasteiger partial charge in [-0.05, 0) is 49.3 Å². The Labute approximate surface area is 99.3 Å². The van der Waals surface area contributed by atoms with Gasteiger partial charge in [0.2, 0.25) is 0 Å². The maximum atomic E-state index is 3.65. The zero-order valence-corrected chi connectivity index (χ0v) is 10.7. The predicted octanol–water partition coefficient (Wildman–Crippen LogP) is 3.58. The molecule has 1 N–H and O–H groups in total. The van der Waals surface area contributed by atoms with Gasteiger partial charge in [-0.15, -0.1) is 0 Å². The molecule has 2 atom stereocenters. The summed E-state index contributed by atoms with van der Waals surface area (Å²) in [7, 11) is 0. The van der Waals surface area contributed by atoms with Crippen molar-refractivity contribution < 1.29 is 0 Å². The van der Waals surface area contributed by atoms with Crippen molar-refractivity contribution in [2.45, 2.75) is 52.6 Å². The molecule has 0 saturated heterocycles. The van der Waals surface area contributed by atoms with Crippen LogP contribution in [0.4, 0.5) is 0 Å². The molecular weight excluding hydrogens is 194 g/mol. The molecule has 0 aromatic heterocycles. The molecule has 1 aliphatic rings. The van der Waals surface area contributed by atoms with E-state index in [0.717, 1.165) is 18.5 Å². The average Bonchev–Trinajstić information content (AvgIpc) is 2.99. The first-order valence-corrected chi connectivity index (χ1v) is 6.50. The van der Waals surface area contributed by atoms with Crippen molar-refractivity contribution in [2.75, 3.05) is 0 Å². The van der Waals surface area contributed by atoms with Crippen LogP contribution in [-0.4, -0.2) is 6.04 Å². The van der Waals surface area contributed by atoms with Gasteiger partial charge in [-0.3, -0.25) is 0 Å². The van der Waals surface area contributed by atoms with Gasteiger partial charge in [-0.1, -0.05) is 31.5 Å². The second-order valence-corrected chi connectivity index (χ2v) is 5.19. The van der Waals surface area contributed by atoms with E-state index in [4.69, 9.17) is 0 Å². The van der Waals surface area contributed by atoms with Gasteiger partial charge in [0.25, 0.3) is 0 Å². The molecule has 0 aliphatic heterocycles. The molecule has 0 radical (unpaired) electrons. The Morgan fingerprint density at radius 2 is 2.06 bits per heavy atom. The van der Waals surface area contributed by atoms with E-state index in [9.17, 15) is 0 Å². The summed E-state index contributed by atoms with van der Waals surface area (Å²) in [5, 5.41) is 3.65. The lowest BCUT2D eigenvalue weighted by Gasteiger charge is -2.07. The second kappa shape index (κ2) is 5.01. The maximum Gasteiger partial charge on any atom is 0.0208 e. The summed E-state index contributed by atoms with van der Waals surface area (Å²) >= 11 is 0. The van der Waals surface area contributed by atoms with Crippen molar-refractivity contribution in [3.05, 3.63) is 34.9 Å². The molecule has 1 aliphatic carbocycles. The standard InChI is InChI=1S/C15H23N/c1-4-5-14-9-15(14)16-10-13-7-6-11(2)12(3)8-13/h6-8,14-16H,4-5,9-10H2,1-3H3. The number of hydrogen-bond donors (Lipinski definition) is 1. The SMILES string of the molecule is CCCC1CC1NCc1ccc(C)c(C)c1. The third kappa shape index (κ3) is 2.85. The minimum atomic E-state index is 0.793. The Kier molecular flexibility index (Phi) is 3.65. The van der Waals surface area contributed by atoms with Gasteiger partial charge in [-0.2, -0.15) is 0 Å². The fourth-order valence-electron chi connectivity index (χ4n) is 2.35. The third-order valence-corrected chi connectivity index (χ3v) is 3.72. The Balaban J connectivity index is 1.80. The summed E-state index contributed by atoms with van der Waals surface area (Å²) in [5.74, 6) is 0.955. The molecule has 0 spiro atoms. The predicted molar refractivity (Wildman–Crippen MR) is 69.6 cm³/mol. The summed E-state index contributed by atoms with van der Waals surface area (Å²) in [6.45, 7) is 7.67. The number of hydrogen-bond acceptors (Lipinski definition) is 1. The largest absolute Gasteiger partial charge is 0.310 e. The van der Waals surface area contributed by atoms with Crippen molar-refractivity contribution >= 4 is 0 Å². The first-order chi connectivity index (χ1) is 7.70. The first-order valence-electron chi connectivity index (χ1n) is 6.50. The van der Waals surface area contributed by atoms with Gasteiger partial charge in [0.1, 0.15) is 0 Å².